The van der Waals surface area contributed by atoms with Crippen LogP contribution in [0.2, 0.25) is 0 Å². The number of aryl methyl sites for hydroxylation is 2. The fourth-order valence-corrected chi connectivity index (χ4v) is 2.90. The van der Waals surface area contributed by atoms with Gasteiger partial charge in [-0.05, 0) is 25.3 Å². The van der Waals surface area contributed by atoms with Crippen molar-refractivity contribution < 1.29 is 9.32 Å². The maximum absolute atomic E-state index is 12.7. The van der Waals surface area contributed by atoms with Gasteiger partial charge in [-0.2, -0.15) is 5.10 Å². The van der Waals surface area contributed by atoms with Crippen molar-refractivity contribution in [3.8, 4) is 0 Å². The van der Waals surface area contributed by atoms with Gasteiger partial charge in [0, 0.05) is 32.3 Å². The molecule has 1 aliphatic rings. The molecule has 0 aliphatic carbocycles. The van der Waals surface area contributed by atoms with Gasteiger partial charge < -0.3 is 9.42 Å². The zero-order valence-electron chi connectivity index (χ0n) is 12.5. The first kappa shape index (κ1) is 13.9. The third-order valence-electron chi connectivity index (χ3n) is 3.97. The number of rotatable bonds is 4. The van der Waals surface area contributed by atoms with E-state index in [2.05, 4.69) is 17.2 Å². The molecule has 2 aromatic rings. The lowest BCUT2D eigenvalue weighted by atomic mass is 10.1. The molecule has 6 nitrogen and oxygen atoms in total. The molecule has 1 amide bonds. The summed E-state index contributed by atoms with van der Waals surface area (Å²) in [7, 11) is 1.79. The first-order valence-electron chi connectivity index (χ1n) is 7.45. The van der Waals surface area contributed by atoms with Gasteiger partial charge >= 0.3 is 0 Å². The van der Waals surface area contributed by atoms with E-state index in [1.165, 1.54) is 0 Å². The summed E-state index contributed by atoms with van der Waals surface area (Å²) in [6, 6.07) is 3.76. The number of carbonyl (C=O) groups is 1. The molecule has 0 unspecified atom stereocenters. The van der Waals surface area contributed by atoms with Gasteiger partial charge in [0.25, 0.3) is 5.91 Å². The molecule has 2 aromatic heterocycles. The lowest BCUT2D eigenvalue weighted by Crippen LogP contribution is -2.32. The molecule has 0 N–H and O–H groups in total. The summed E-state index contributed by atoms with van der Waals surface area (Å²) in [4.78, 5) is 14.5. The number of aromatic nitrogens is 3. The Morgan fingerprint density at radius 1 is 1.52 bits per heavy atom. The molecule has 1 aliphatic heterocycles. The molecular weight excluding hydrogens is 268 g/mol. The molecule has 3 rings (SSSR count). The van der Waals surface area contributed by atoms with Crippen molar-refractivity contribution >= 4 is 5.91 Å². The predicted octanol–water partition coefficient (Wildman–Crippen LogP) is 2.34. The molecule has 0 radical (unpaired) electrons. The highest BCUT2D eigenvalue weighted by molar-refractivity contribution is 5.93. The van der Waals surface area contributed by atoms with E-state index >= 15 is 0 Å². The lowest BCUT2D eigenvalue weighted by molar-refractivity contribution is 0.0719. The summed E-state index contributed by atoms with van der Waals surface area (Å²) < 4.78 is 6.97. The number of likely N-dealkylation sites (tertiary alicyclic amines) is 1. The molecule has 21 heavy (non-hydrogen) atoms. The van der Waals surface area contributed by atoms with Crippen molar-refractivity contribution in [1.29, 1.82) is 0 Å². The van der Waals surface area contributed by atoms with Crippen molar-refractivity contribution in [2.45, 2.75) is 38.6 Å². The van der Waals surface area contributed by atoms with Gasteiger partial charge in [0.15, 0.2) is 0 Å². The van der Waals surface area contributed by atoms with Crippen LogP contribution in [0.3, 0.4) is 0 Å². The van der Waals surface area contributed by atoms with Crippen LogP contribution in [0.25, 0.3) is 0 Å². The maximum Gasteiger partial charge on any atom is 0.272 e. The van der Waals surface area contributed by atoms with Crippen molar-refractivity contribution in [3.05, 3.63) is 35.5 Å². The molecule has 0 saturated carbocycles. The van der Waals surface area contributed by atoms with E-state index in [-0.39, 0.29) is 11.9 Å². The summed E-state index contributed by atoms with van der Waals surface area (Å²) in [6.07, 6.45) is 5.48. The second-order valence-corrected chi connectivity index (χ2v) is 5.46. The second kappa shape index (κ2) is 5.71. The minimum Gasteiger partial charge on any atom is -0.361 e. The zero-order valence-corrected chi connectivity index (χ0v) is 12.5. The lowest BCUT2D eigenvalue weighted by Gasteiger charge is -2.22. The molecule has 3 heterocycles. The molecule has 1 atom stereocenters. The SMILES string of the molecule is CCCc1cc([C@@H]2CCCN2C(=O)c2ccnn2C)no1. The number of nitrogens with zero attached hydrogens (tertiary/aromatic N) is 4. The number of hydrogen-bond donors (Lipinski definition) is 0. The molecule has 0 bridgehead atoms. The van der Waals surface area contributed by atoms with Crippen molar-refractivity contribution in [1.82, 2.24) is 19.8 Å². The van der Waals surface area contributed by atoms with E-state index in [1.54, 1.807) is 24.0 Å². The van der Waals surface area contributed by atoms with Crippen LogP contribution in [-0.2, 0) is 13.5 Å². The van der Waals surface area contributed by atoms with Gasteiger partial charge in [0.2, 0.25) is 0 Å². The van der Waals surface area contributed by atoms with Gasteiger partial charge in [0.05, 0.1) is 6.04 Å². The topological polar surface area (TPSA) is 64.2 Å². The highest BCUT2D eigenvalue weighted by atomic mass is 16.5. The van der Waals surface area contributed by atoms with E-state index in [1.807, 2.05) is 11.0 Å². The molecular formula is C15H20N4O2. The number of amides is 1. The first-order valence-corrected chi connectivity index (χ1v) is 7.45. The Kier molecular flexibility index (Phi) is 3.77. The quantitative estimate of drug-likeness (QED) is 0.866. The van der Waals surface area contributed by atoms with E-state index in [0.717, 1.165) is 43.7 Å². The average molecular weight is 288 g/mol. The molecule has 0 spiro atoms. The van der Waals surface area contributed by atoms with Crippen LogP contribution >= 0.6 is 0 Å². The Morgan fingerprint density at radius 2 is 2.38 bits per heavy atom. The van der Waals surface area contributed by atoms with E-state index in [0.29, 0.717) is 5.69 Å². The largest absolute Gasteiger partial charge is 0.361 e. The van der Waals surface area contributed by atoms with Crippen LogP contribution in [0.1, 0.15) is 54.2 Å². The number of carbonyl (C=O) groups excluding carboxylic acids is 1. The highest BCUT2D eigenvalue weighted by Crippen LogP contribution is 2.32. The highest BCUT2D eigenvalue weighted by Gasteiger charge is 2.33. The van der Waals surface area contributed by atoms with Crippen LogP contribution in [0, 0.1) is 0 Å². The summed E-state index contributed by atoms with van der Waals surface area (Å²) in [5.41, 5.74) is 1.48. The van der Waals surface area contributed by atoms with Crippen LogP contribution in [0.5, 0.6) is 0 Å². The van der Waals surface area contributed by atoms with Gasteiger partial charge in [-0.15, -0.1) is 0 Å². The summed E-state index contributed by atoms with van der Waals surface area (Å²) in [5.74, 6) is 0.907. The fraction of sp³-hybridized carbons (Fsp3) is 0.533. The maximum atomic E-state index is 12.7. The van der Waals surface area contributed by atoms with Gasteiger partial charge in [-0.1, -0.05) is 12.1 Å². The predicted molar refractivity (Wildman–Crippen MR) is 76.7 cm³/mol. The Hall–Kier alpha value is -2.11. The van der Waals surface area contributed by atoms with E-state index < -0.39 is 0 Å². The smallest absolute Gasteiger partial charge is 0.272 e. The summed E-state index contributed by atoms with van der Waals surface area (Å²) >= 11 is 0. The average Bonchev–Trinajstić information content (AvgIpc) is 3.17. The summed E-state index contributed by atoms with van der Waals surface area (Å²) in [5, 5.41) is 8.23. The second-order valence-electron chi connectivity index (χ2n) is 5.46. The third kappa shape index (κ3) is 2.57. The molecule has 112 valence electrons. The Labute approximate surface area is 123 Å². The number of hydrogen-bond acceptors (Lipinski definition) is 4. The fourth-order valence-electron chi connectivity index (χ4n) is 2.90. The van der Waals surface area contributed by atoms with Crippen LogP contribution < -0.4 is 0 Å². The monoisotopic (exact) mass is 288 g/mol. The standard InChI is InChI=1S/C15H20N4O2/c1-3-5-11-10-12(17-21-11)13-6-4-9-19(13)15(20)14-7-8-16-18(14)2/h7-8,10,13H,3-6,9H2,1-2H3/t13-/m0/s1. The van der Waals surface area contributed by atoms with Crippen molar-refractivity contribution in [2.24, 2.45) is 7.05 Å². The molecule has 6 heteroatoms. The van der Waals surface area contributed by atoms with Crippen molar-refractivity contribution in [3.63, 3.8) is 0 Å². The van der Waals surface area contributed by atoms with Gasteiger partial charge in [-0.3, -0.25) is 9.48 Å². The molecule has 0 aromatic carbocycles. The zero-order chi connectivity index (χ0) is 14.8. The first-order chi connectivity index (χ1) is 10.2. The molecule has 1 saturated heterocycles. The van der Waals surface area contributed by atoms with Crippen molar-refractivity contribution in [2.75, 3.05) is 6.54 Å². The Morgan fingerprint density at radius 3 is 3.10 bits per heavy atom. The minimum atomic E-state index is 0.0116. The Bertz CT molecular complexity index is 631. The van der Waals surface area contributed by atoms with Crippen LogP contribution in [-0.4, -0.2) is 32.3 Å². The van der Waals surface area contributed by atoms with Crippen LogP contribution in [0.15, 0.2) is 22.9 Å². The normalized spacial score (nSPS) is 18.4. The van der Waals surface area contributed by atoms with Gasteiger partial charge in [-0.25, -0.2) is 0 Å². The minimum absolute atomic E-state index is 0.0116. The van der Waals surface area contributed by atoms with E-state index in [9.17, 15) is 4.79 Å². The third-order valence-corrected chi connectivity index (χ3v) is 3.97. The molecule has 1 fully saturated rings. The van der Waals surface area contributed by atoms with Gasteiger partial charge in [0.1, 0.15) is 17.1 Å². The summed E-state index contributed by atoms with van der Waals surface area (Å²) in [6.45, 7) is 2.86. The van der Waals surface area contributed by atoms with Crippen LogP contribution in [0.4, 0.5) is 0 Å². The Balaban J connectivity index is 1.81. The van der Waals surface area contributed by atoms with E-state index in [4.69, 9.17) is 4.52 Å².